The third-order valence-electron chi connectivity index (χ3n) is 3.91. The second-order valence-corrected chi connectivity index (χ2v) is 5.59. The fourth-order valence-corrected chi connectivity index (χ4v) is 2.94. The van der Waals surface area contributed by atoms with Crippen LogP contribution in [-0.4, -0.2) is 51.3 Å². The fourth-order valence-electron chi connectivity index (χ4n) is 2.94. The molecule has 0 radical (unpaired) electrons. The van der Waals surface area contributed by atoms with Crippen LogP contribution < -0.4 is 14.8 Å². The predicted molar refractivity (Wildman–Crippen MR) is 86.2 cm³/mol. The van der Waals surface area contributed by atoms with Crippen molar-refractivity contribution in [3.05, 3.63) is 24.3 Å². The first-order valence-electron chi connectivity index (χ1n) is 8.05. The molecule has 1 aromatic rings. The molecule has 1 aliphatic rings. The topological polar surface area (TPSA) is 33.7 Å². The molecule has 1 N–H and O–H groups in total. The largest absolute Gasteiger partial charge is 0.490 e. The molecular weight excluding hydrogens is 264 g/mol. The van der Waals surface area contributed by atoms with E-state index in [1.54, 1.807) is 0 Å². The molecule has 0 aromatic heterocycles. The molecule has 0 bridgehead atoms. The second kappa shape index (κ2) is 8.90. The van der Waals surface area contributed by atoms with Gasteiger partial charge in [0.2, 0.25) is 0 Å². The normalized spacial score (nSPS) is 19.4. The Balaban J connectivity index is 1.76. The van der Waals surface area contributed by atoms with Gasteiger partial charge in [-0.25, -0.2) is 0 Å². The van der Waals surface area contributed by atoms with Gasteiger partial charge in [-0.1, -0.05) is 12.1 Å². The monoisotopic (exact) mass is 292 g/mol. The van der Waals surface area contributed by atoms with Gasteiger partial charge in [0.25, 0.3) is 0 Å². The molecule has 4 heteroatoms. The van der Waals surface area contributed by atoms with Gasteiger partial charge in [-0.15, -0.1) is 0 Å². The number of hydrogen-bond donors (Lipinski definition) is 1. The Morgan fingerprint density at radius 2 is 2.00 bits per heavy atom. The number of ether oxygens (including phenoxy) is 2. The van der Waals surface area contributed by atoms with Crippen molar-refractivity contribution in [3.63, 3.8) is 0 Å². The summed E-state index contributed by atoms with van der Waals surface area (Å²) in [7, 11) is 2.03. The maximum atomic E-state index is 5.91. The van der Waals surface area contributed by atoms with Gasteiger partial charge >= 0.3 is 0 Å². The van der Waals surface area contributed by atoms with Gasteiger partial charge in [-0.05, 0) is 58.0 Å². The average molecular weight is 292 g/mol. The van der Waals surface area contributed by atoms with Crippen molar-refractivity contribution < 1.29 is 9.47 Å². The van der Waals surface area contributed by atoms with Gasteiger partial charge < -0.3 is 14.8 Å². The Labute approximate surface area is 128 Å². The van der Waals surface area contributed by atoms with Crippen molar-refractivity contribution in [1.29, 1.82) is 0 Å². The van der Waals surface area contributed by atoms with Crippen LogP contribution in [0.1, 0.15) is 19.8 Å². The van der Waals surface area contributed by atoms with E-state index in [0.29, 0.717) is 6.61 Å². The van der Waals surface area contributed by atoms with Gasteiger partial charge in [0, 0.05) is 13.1 Å². The zero-order valence-electron chi connectivity index (χ0n) is 13.3. The lowest BCUT2D eigenvalue weighted by Crippen LogP contribution is -2.40. The van der Waals surface area contributed by atoms with Crippen LogP contribution in [0.3, 0.4) is 0 Å². The summed E-state index contributed by atoms with van der Waals surface area (Å²) < 4.78 is 11.5. The molecule has 1 unspecified atom stereocenters. The number of nitrogens with zero attached hydrogens (tertiary/aromatic N) is 1. The minimum absolute atomic E-state index is 0.665. The molecule has 1 aromatic carbocycles. The zero-order chi connectivity index (χ0) is 14.9. The quantitative estimate of drug-likeness (QED) is 0.798. The first-order chi connectivity index (χ1) is 10.3. The Morgan fingerprint density at radius 3 is 2.71 bits per heavy atom. The average Bonchev–Trinajstić information content (AvgIpc) is 2.50. The summed E-state index contributed by atoms with van der Waals surface area (Å²) in [5, 5.41) is 3.29. The minimum Gasteiger partial charge on any atom is -0.490 e. The summed E-state index contributed by atoms with van der Waals surface area (Å²) in [6.07, 6.45) is 2.63. The smallest absolute Gasteiger partial charge is 0.161 e. The molecule has 0 amide bonds. The van der Waals surface area contributed by atoms with Crippen LogP contribution in [0.4, 0.5) is 0 Å². The van der Waals surface area contributed by atoms with E-state index in [-0.39, 0.29) is 0 Å². The summed E-state index contributed by atoms with van der Waals surface area (Å²) in [6, 6.07) is 7.90. The molecule has 4 nitrogen and oxygen atoms in total. The summed E-state index contributed by atoms with van der Waals surface area (Å²) >= 11 is 0. The number of likely N-dealkylation sites (tertiary alicyclic amines) is 1. The first-order valence-corrected chi connectivity index (χ1v) is 8.05. The van der Waals surface area contributed by atoms with Crippen molar-refractivity contribution in [3.8, 4) is 11.5 Å². The van der Waals surface area contributed by atoms with E-state index < -0.39 is 0 Å². The second-order valence-electron chi connectivity index (χ2n) is 5.59. The van der Waals surface area contributed by atoms with Gasteiger partial charge in [-0.3, -0.25) is 4.90 Å². The highest BCUT2D eigenvalue weighted by atomic mass is 16.5. The Morgan fingerprint density at radius 1 is 1.24 bits per heavy atom. The molecule has 21 heavy (non-hydrogen) atoms. The summed E-state index contributed by atoms with van der Waals surface area (Å²) in [5.74, 6) is 2.47. The Bertz CT molecular complexity index is 410. The predicted octanol–water partition coefficient (Wildman–Crippen LogP) is 2.40. The van der Waals surface area contributed by atoms with E-state index >= 15 is 0 Å². The summed E-state index contributed by atoms with van der Waals surface area (Å²) in [6.45, 7) is 7.85. The van der Waals surface area contributed by atoms with Crippen LogP contribution in [0, 0.1) is 5.92 Å². The van der Waals surface area contributed by atoms with Crippen LogP contribution in [0.5, 0.6) is 11.5 Å². The number of para-hydroxylation sites is 2. The van der Waals surface area contributed by atoms with Gasteiger partial charge in [-0.2, -0.15) is 0 Å². The van der Waals surface area contributed by atoms with E-state index in [1.807, 2.05) is 38.2 Å². The van der Waals surface area contributed by atoms with Crippen LogP contribution in [0.25, 0.3) is 0 Å². The lowest BCUT2D eigenvalue weighted by Gasteiger charge is -2.32. The SMILES string of the molecule is CCOc1ccccc1OCCN1CCCC(CNC)C1. The number of benzene rings is 1. The molecule has 0 saturated carbocycles. The van der Waals surface area contributed by atoms with Crippen molar-refractivity contribution in [2.45, 2.75) is 19.8 Å². The molecule has 1 aliphatic heterocycles. The summed E-state index contributed by atoms with van der Waals surface area (Å²) in [4.78, 5) is 2.51. The van der Waals surface area contributed by atoms with Crippen molar-refractivity contribution in [2.75, 3.05) is 46.4 Å². The Kier molecular flexibility index (Phi) is 6.83. The number of hydrogen-bond acceptors (Lipinski definition) is 4. The van der Waals surface area contributed by atoms with E-state index in [2.05, 4.69) is 10.2 Å². The van der Waals surface area contributed by atoms with E-state index in [4.69, 9.17) is 9.47 Å². The molecule has 2 rings (SSSR count). The van der Waals surface area contributed by atoms with Gasteiger partial charge in [0.1, 0.15) is 6.61 Å². The Hall–Kier alpha value is -1.26. The number of piperidine rings is 1. The minimum atomic E-state index is 0.665. The maximum absolute atomic E-state index is 5.91. The fraction of sp³-hybridized carbons (Fsp3) is 0.647. The van der Waals surface area contributed by atoms with Crippen LogP contribution >= 0.6 is 0 Å². The van der Waals surface area contributed by atoms with Crippen molar-refractivity contribution >= 4 is 0 Å². The van der Waals surface area contributed by atoms with Gasteiger partial charge in [0.15, 0.2) is 11.5 Å². The van der Waals surface area contributed by atoms with E-state index in [1.165, 1.54) is 25.9 Å². The maximum Gasteiger partial charge on any atom is 0.161 e. The highest BCUT2D eigenvalue weighted by Gasteiger charge is 2.19. The molecule has 0 aliphatic carbocycles. The van der Waals surface area contributed by atoms with Gasteiger partial charge in [0.05, 0.1) is 6.61 Å². The van der Waals surface area contributed by atoms with Crippen LogP contribution in [-0.2, 0) is 0 Å². The molecule has 1 fully saturated rings. The van der Waals surface area contributed by atoms with E-state index in [0.717, 1.165) is 37.1 Å². The van der Waals surface area contributed by atoms with Crippen molar-refractivity contribution in [1.82, 2.24) is 10.2 Å². The molecule has 0 spiro atoms. The molecule has 1 saturated heterocycles. The highest BCUT2D eigenvalue weighted by molar-refractivity contribution is 5.39. The lowest BCUT2D eigenvalue weighted by atomic mass is 9.98. The summed E-state index contributed by atoms with van der Waals surface area (Å²) in [5.41, 5.74) is 0. The van der Waals surface area contributed by atoms with E-state index in [9.17, 15) is 0 Å². The number of nitrogens with one attached hydrogen (secondary N) is 1. The third kappa shape index (κ3) is 5.21. The zero-order valence-corrected chi connectivity index (χ0v) is 13.3. The van der Waals surface area contributed by atoms with Crippen molar-refractivity contribution in [2.24, 2.45) is 5.92 Å². The van der Waals surface area contributed by atoms with Crippen LogP contribution in [0.15, 0.2) is 24.3 Å². The van der Waals surface area contributed by atoms with Crippen LogP contribution in [0.2, 0.25) is 0 Å². The highest BCUT2D eigenvalue weighted by Crippen LogP contribution is 2.26. The lowest BCUT2D eigenvalue weighted by molar-refractivity contribution is 0.145. The number of rotatable bonds is 8. The standard InChI is InChI=1S/C17H28N2O2/c1-3-20-16-8-4-5-9-17(16)21-12-11-19-10-6-7-15(14-19)13-18-2/h4-5,8-9,15,18H,3,6-7,10-14H2,1-2H3. The molecule has 1 heterocycles. The third-order valence-corrected chi connectivity index (χ3v) is 3.91. The molecule has 118 valence electrons. The molecule has 1 atom stereocenters. The first kappa shape index (κ1) is 16.1. The molecular formula is C17H28N2O2.